The highest BCUT2D eigenvalue weighted by molar-refractivity contribution is 5.79. The molecule has 132 valence electrons. The van der Waals surface area contributed by atoms with Gasteiger partial charge in [-0.15, -0.1) is 0 Å². The van der Waals surface area contributed by atoms with Crippen LogP contribution in [0.15, 0.2) is 0 Å². The molecule has 3 aliphatic rings. The van der Waals surface area contributed by atoms with Crippen LogP contribution < -0.4 is 5.32 Å². The van der Waals surface area contributed by atoms with Crippen molar-refractivity contribution in [2.45, 2.75) is 63.7 Å². The van der Waals surface area contributed by atoms with Gasteiger partial charge in [0.05, 0.1) is 19.1 Å². The fourth-order valence-corrected chi connectivity index (χ4v) is 4.69. The number of ether oxygens (including phenoxy) is 2. The maximum Gasteiger partial charge on any atom is 0.224 e. The van der Waals surface area contributed by atoms with E-state index in [4.69, 9.17) is 9.47 Å². The summed E-state index contributed by atoms with van der Waals surface area (Å²) in [6, 6.07) is 0.615. The van der Waals surface area contributed by atoms with Crippen molar-refractivity contribution in [3.8, 4) is 0 Å². The molecular formula is C18H32N2O3. The van der Waals surface area contributed by atoms with E-state index in [-0.39, 0.29) is 17.6 Å². The third kappa shape index (κ3) is 3.89. The molecule has 3 atom stereocenters. The van der Waals surface area contributed by atoms with Crippen molar-refractivity contribution in [3.63, 3.8) is 0 Å². The molecule has 2 aliphatic heterocycles. The zero-order valence-electron chi connectivity index (χ0n) is 14.7. The maximum absolute atomic E-state index is 12.4. The molecule has 2 heterocycles. The second-order valence-electron chi connectivity index (χ2n) is 7.53. The number of likely N-dealkylation sites (tertiary alicyclic amines) is 1. The number of carbonyl (C=O) groups excluding carboxylic acids is 1. The number of rotatable bonds is 3. The number of piperidine rings is 1. The van der Waals surface area contributed by atoms with Crippen LogP contribution >= 0.6 is 0 Å². The third-order valence-corrected chi connectivity index (χ3v) is 5.89. The van der Waals surface area contributed by atoms with Gasteiger partial charge in [-0.3, -0.25) is 4.79 Å². The number of hydrogen-bond acceptors (Lipinski definition) is 4. The number of hydrogen-bond donors (Lipinski definition) is 1. The monoisotopic (exact) mass is 324 g/mol. The lowest BCUT2D eigenvalue weighted by atomic mass is 9.75. The summed E-state index contributed by atoms with van der Waals surface area (Å²) in [5.74, 6) is 0.632. The highest BCUT2D eigenvalue weighted by atomic mass is 16.7. The van der Waals surface area contributed by atoms with Crippen LogP contribution in [0.3, 0.4) is 0 Å². The van der Waals surface area contributed by atoms with Crippen LogP contribution in [-0.2, 0) is 14.3 Å². The molecule has 1 aliphatic carbocycles. The van der Waals surface area contributed by atoms with Gasteiger partial charge < -0.3 is 19.7 Å². The molecule has 5 heteroatoms. The summed E-state index contributed by atoms with van der Waals surface area (Å²) in [4.78, 5) is 14.8. The Kier molecular flexibility index (Phi) is 5.60. The number of fused-ring (bicyclic) bond motifs is 1. The molecule has 0 radical (unpaired) electrons. The lowest BCUT2D eigenvalue weighted by Gasteiger charge is -2.45. The largest absolute Gasteiger partial charge is 0.356 e. The molecule has 2 saturated heterocycles. The first-order valence-electron chi connectivity index (χ1n) is 9.39. The van der Waals surface area contributed by atoms with Gasteiger partial charge in [0.2, 0.25) is 5.91 Å². The second kappa shape index (κ2) is 7.49. The van der Waals surface area contributed by atoms with Crippen LogP contribution in [0.1, 0.15) is 51.9 Å². The normalized spacial score (nSPS) is 34.6. The number of nitrogens with zero attached hydrogens (tertiary/aromatic N) is 1. The first kappa shape index (κ1) is 17.2. The summed E-state index contributed by atoms with van der Waals surface area (Å²) in [7, 11) is 2.19. The van der Waals surface area contributed by atoms with Crippen LogP contribution in [-0.4, -0.2) is 56.0 Å². The van der Waals surface area contributed by atoms with E-state index in [1.165, 1.54) is 6.42 Å². The summed E-state index contributed by atoms with van der Waals surface area (Å²) < 4.78 is 11.9. The quantitative estimate of drug-likeness (QED) is 0.864. The standard InChI is InChI=1S/C18H32N2O3/c1-3-9-19-17(21)15-12-14-6-8-18(22-10-11-23-18)7-4-5-16(14)20(2)13-15/h14-16H,3-13H2,1-2H3,(H,19,21)/t14-,15+,16+/m0/s1. The topological polar surface area (TPSA) is 50.8 Å². The van der Waals surface area contributed by atoms with Gasteiger partial charge in [-0.25, -0.2) is 0 Å². The Hall–Kier alpha value is -0.650. The summed E-state index contributed by atoms with van der Waals surface area (Å²) in [6.07, 6.45) is 7.46. The molecular weight excluding hydrogens is 292 g/mol. The van der Waals surface area contributed by atoms with Gasteiger partial charge in [-0.05, 0) is 45.1 Å². The van der Waals surface area contributed by atoms with Gasteiger partial charge in [0.15, 0.2) is 5.79 Å². The number of amides is 1. The Morgan fingerprint density at radius 3 is 2.78 bits per heavy atom. The van der Waals surface area contributed by atoms with E-state index in [9.17, 15) is 4.79 Å². The van der Waals surface area contributed by atoms with E-state index in [0.717, 1.165) is 64.8 Å². The van der Waals surface area contributed by atoms with Crippen molar-refractivity contribution in [1.29, 1.82) is 0 Å². The third-order valence-electron chi connectivity index (χ3n) is 5.89. The average Bonchev–Trinajstić information content (AvgIpc) is 3.00. The zero-order valence-corrected chi connectivity index (χ0v) is 14.7. The van der Waals surface area contributed by atoms with E-state index in [1.54, 1.807) is 0 Å². The van der Waals surface area contributed by atoms with E-state index in [2.05, 4.69) is 24.2 Å². The Morgan fingerprint density at radius 1 is 1.26 bits per heavy atom. The molecule has 0 aromatic heterocycles. The Bertz CT molecular complexity index is 409. The minimum absolute atomic E-state index is 0.133. The van der Waals surface area contributed by atoms with Crippen LogP contribution in [0.5, 0.6) is 0 Å². The molecule has 23 heavy (non-hydrogen) atoms. The van der Waals surface area contributed by atoms with E-state index >= 15 is 0 Å². The molecule has 0 bridgehead atoms. The highest BCUT2D eigenvalue weighted by Gasteiger charge is 2.43. The van der Waals surface area contributed by atoms with Gasteiger partial charge in [0, 0.05) is 32.0 Å². The van der Waals surface area contributed by atoms with Crippen molar-refractivity contribution >= 4 is 5.91 Å². The van der Waals surface area contributed by atoms with Gasteiger partial charge in [0.1, 0.15) is 0 Å². The predicted octanol–water partition coefficient (Wildman–Crippen LogP) is 2.16. The van der Waals surface area contributed by atoms with Gasteiger partial charge >= 0.3 is 0 Å². The molecule has 3 rings (SSSR count). The van der Waals surface area contributed by atoms with Crippen molar-refractivity contribution in [2.24, 2.45) is 11.8 Å². The molecule has 3 fully saturated rings. The number of carbonyl (C=O) groups is 1. The Morgan fingerprint density at radius 2 is 2.04 bits per heavy atom. The molecule has 1 amide bonds. The van der Waals surface area contributed by atoms with Crippen molar-refractivity contribution in [1.82, 2.24) is 10.2 Å². The average molecular weight is 324 g/mol. The van der Waals surface area contributed by atoms with Crippen molar-refractivity contribution in [3.05, 3.63) is 0 Å². The van der Waals surface area contributed by atoms with Crippen LogP contribution in [0.4, 0.5) is 0 Å². The number of nitrogens with one attached hydrogen (secondary N) is 1. The SMILES string of the molecule is CCCNC(=O)[C@@H]1C[C@@H]2CCC3(CCC[C@H]2N(C)C1)OCCO3. The van der Waals surface area contributed by atoms with Crippen LogP contribution in [0.25, 0.3) is 0 Å². The molecule has 1 N–H and O–H groups in total. The van der Waals surface area contributed by atoms with Crippen molar-refractivity contribution < 1.29 is 14.3 Å². The van der Waals surface area contributed by atoms with E-state index in [0.29, 0.717) is 12.0 Å². The molecule has 1 spiro atoms. The minimum atomic E-state index is -0.318. The molecule has 1 saturated carbocycles. The maximum atomic E-state index is 12.4. The summed E-state index contributed by atoms with van der Waals surface area (Å²) >= 11 is 0. The molecule has 5 nitrogen and oxygen atoms in total. The Balaban J connectivity index is 1.63. The second-order valence-corrected chi connectivity index (χ2v) is 7.53. The summed E-state index contributed by atoms with van der Waals surface area (Å²) in [5, 5.41) is 3.08. The van der Waals surface area contributed by atoms with Crippen LogP contribution in [0.2, 0.25) is 0 Å². The summed E-state index contributed by atoms with van der Waals surface area (Å²) in [5.41, 5.74) is 0. The van der Waals surface area contributed by atoms with Gasteiger partial charge in [-0.1, -0.05) is 6.92 Å². The highest BCUT2D eigenvalue weighted by Crippen LogP contribution is 2.40. The smallest absolute Gasteiger partial charge is 0.224 e. The van der Waals surface area contributed by atoms with Gasteiger partial charge in [-0.2, -0.15) is 0 Å². The lowest BCUT2D eigenvalue weighted by molar-refractivity contribution is -0.176. The van der Waals surface area contributed by atoms with E-state index in [1.807, 2.05) is 0 Å². The first-order valence-corrected chi connectivity index (χ1v) is 9.39. The predicted molar refractivity (Wildman–Crippen MR) is 89.0 cm³/mol. The zero-order chi connectivity index (χ0) is 16.3. The fraction of sp³-hybridized carbons (Fsp3) is 0.944. The molecule has 0 unspecified atom stereocenters. The van der Waals surface area contributed by atoms with Crippen molar-refractivity contribution in [2.75, 3.05) is 33.4 Å². The molecule has 0 aromatic rings. The summed E-state index contributed by atoms with van der Waals surface area (Å²) in [6.45, 7) is 5.25. The van der Waals surface area contributed by atoms with Gasteiger partial charge in [0.25, 0.3) is 0 Å². The van der Waals surface area contributed by atoms with Crippen LogP contribution in [0, 0.1) is 11.8 Å². The minimum Gasteiger partial charge on any atom is -0.356 e. The fourth-order valence-electron chi connectivity index (χ4n) is 4.69. The first-order chi connectivity index (χ1) is 11.1. The van der Waals surface area contributed by atoms with E-state index < -0.39 is 0 Å². The Labute approximate surface area is 140 Å². The lowest BCUT2D eigenvalue weighted by Crippen LogP contribution is -2.51. The molecule has 0 aromatic carbocycles.